The second-order valence-corrected chi connectivity index (χ2v) is 4.43. The molecule has 0 aliphatic rings. The van der Waals surface area contributed by atoms with Gasteiger partial charge in [0.2, 0.25) is 0 Å². The summed E-state index contributed by atoms with van der Waals surface area (Å²) in [6, 6.07) is 0.234. The van der Waals surface area contributed by atoms with Crippen LogP contribution in [0.2, 0.25) is 0 Å². The first-order valence-corrected chi connectivity index (χ1v) is 6.37. The first-order chi connectivity index (χ1) is 8.54. The standard InChI is InChI=1S/C13H25N3O2/c1-7-16-11(4)13(10(3)15-16)9(2)14-8-12(17-5)18-6/h9,12,14H,7-8H2,1-6H3. The largest absolute Gasteiger partial charge is 0.355 e. The van der Waals surface area contributed by atoms with Crippen molar-refractivity contribution in [1.29, 1.82) is 0 Å². The maximum absolute atomic E-state index is 5.17. The number of methoxy groups -OCH3 is 2. The minimum Gasteiger partial charge on any atom is -0.355 e. The zero-order chi connectivity index (χ0) is 13.7. The van der Waals surface area contributed by atoms with Crippen molar-refractivity contribution >= 4 is 0 Å². The van der Waals surface area contributed by atoms with Crippen LogP contribution in [0.15, 0.2) is 0 Å². The van der Waals surface area contributed by atoms with Crippen molar-refractivity contribution in [2.75, 3.05) is 20.8 Å². The molecule has 1 unspecified atom stereocenters. The molecule has 0 radical (unpaired) electrons. The van der Waals surface area contributed by atoms with Gasteiger partial charge in [-0.15, -0.1) is 0 Å². The first-order valence-electron chi connectivity index (χ1n) is 6.37. The van der Waals surface area contributed by atoms with Crippen molar-refractivity contribution in [3.8, 4) is 0 Å². The van der Waals surface area contributed by atoms with E-state index in [1.807, 2.05) is 4.68 Å². The number of aromatic nitrogens is 2. The van der Waals surface area contributed by atoms with Crippen molar-refractivity contribution in [3.63, 3.8) is 0 Å². The van der Waals surface area contributed by atoms with Crippen molar-refractivity contribution in [2.45, 2.75) is 46.6 Å². The Morgan fingerprint density at radius 2 is 1.89 bits per heavy atom. The third-order valence-corrected chi connectivity index (χ3v) is 3.29. The topological polar surface area (TPSA) is 48.3 Å². The van der Waals surface area contributed by atoms with E-state index in [0.717, 1.165) is 12.2 Å². The SMILES string of the molecule is CCn1nc(C)c(C(C)NCC(OC)OC)c1C. The lowest BCUT2D eigenvalue weighted by Gasteiger charge is -2.19. The van der Waals surface area contributed by atoms with Crippen LogP contribution in [0.5, 0.6) is 0 Å². The number of rotatable bonds is 7. The van der Waals surface area contributed by atoms with Crippen LogP contribution in [0, 0.1) is 13.8 Å². The second kappa shape index (κ2) is 6.87. The van der Waals surface area contributed by atoms with E-state index in [0.29, 0.717) is 6.54 Å². The molecule has 0 aliphatic carbocycles. The second-order valence-electron chi connectivity index (χ2n) is 4.43. The average molecular weight is 255 g/mol. The van der Waals surface area contributed by atoms with Crippen molar-refractivity contribution < 1.29 is 9.47 Å². The molecule has 0 saturated carbocycles. The summed E-state index contributed by atoms with van der Waals surface area (Å²) < 4.78 is 12.4. The van der Waals surface area contributed by atoms with Gasteiger partial charge in [-0.1, -0.05) is 0 Å². The molecule has 1 rings (SSSR count). The minimum atomic E-state index is -0.214. The summed E-state index contributed by atoms with van der Waals surface area (Å²) in [6.07, 6.45) is -0.214. The lowest BCUT2D eigenvalue weighted by molar-refractivity contribution is -0.0997. The molecule has 1 N–H and O–H groups in total. The van der Waals surface area contributed by atoms with Gasteiger partial charge in [0, 0.05) is 44.6 Å². The molecule has 1 atom stereocenters. The Morgan fingerprint density at radius 1 is 1.28 bits per heavy atom. The van der Waals surface area contributed by atoms with Crippen LogP contribution < -0.4 is 5.32 Å². The summed E-state index contributed by atoms with van der Waals surface area (Å²) in [6.45, 7) is 9.97. The predicted molar refractivity (Wildman–Crippen MR) is 71.6 cm³/mol. The van der Waals surface area contributed by atoms with Crippen LogP contribution in [-0.2, 0) is 16.0 Å². The van der Waals surface area contributed by atoms with E-state index in [-0.39, 0.29) is 12.3 Å². The third kappa shape index (κ3) is 3.31. The fourth-order valence-electron chi connectivity index (χ4n) is 2.28. The molecule has 1 aromatic rings. The summed E-state index contributed by atoms with van der Waals surface area (Å²) in [7, 11) is 3.29. The molecule has 1 heterocycles. The molecule has 0 amide bonds. The molecule has 0 fully saturated rings. The molecular weight excluding hydrogens is 230 g/mol. The van der Waals surface area contributed by atoms with E-state index in [1.165, 1.54) is 11.3 Å². The van der Waals surface area contributed by atoms with Gasteiger partial charge in [-0.05, 0) is 27.7 Å². The number of hydrogen-bond donors (Lipinski definition) is 1. The maximum atomic E-state index is 5.17. The highest BCUT2D eigenvalue weighted by atomic mass is 16.7. The van der Waals surface area contributed by atoms with E-state index in [1.54, 1.807) is 14.2 Å². The number of ether oxygens (including phenoxy) is 2. The van der Waals surface area contributed by atoms with Crippen LogP contribution >= 0.6 is 0 Å². The normalized spacial score (nSPS) is 13.3. The molecule has 0 saturated heterocycles. The molecule has 5 heteroatoms. The van der Waals surface area contributed by atoms with Gasteiger partial charge in [0.05, 0.1) is 5.69 Å². The highest BCUT2D eigenvalue weighted by molar-refractivity contribution is 5.27. The van der Waals surface area contributed by atoms with Gasteiger partial charge < -0.3 is 14.8 Å². The van der Waals surface area contributed by atoms with Crippen LogP contribution in [0.1, 0.15) is 36.8 Å². The Kier molecular flexibility index (Phi) is 5.78. The summed E-state index contributed by atoms with van der Waals surface area (Å²) in [5.41, 5.74) is 3.57. The smallest absolute Gasteiger partial charge is 0.169 e. The Morgan fingerprint density at radius 3 is 2.33 bits per heavy atom. The molecule has 0 aliphatic heterocycles. The highest BCUT2D eigenvalue weighted by Crippen LogP contribution is 2.21. The minimum absolute atomic E-state index is 0.214. The van der Waals surface area contributed by atoms with E-state index in [4.69, 9.17) is 9.47 Å². The van der Waals surface area contributed by atoms with E-state index in [2.05, 4.69) is 38.1 Å². The van der Waals surface area contributed by atoms with Gasteiger partial charge in [-0.25, -0.2) is 0 Å². The van der Waals surface area contributed by atoms with Crippen LogP contribution in [-0.4, -0.2) is 36.8 Å². The average Bonchev–Trinajstić information content (AvgIpc) is 2.65. The maximum Gasteiger partial charge on any atom is 0.169 e. The van der Waals surface area contributed by atoms with Gasteiger partial charge in [-0.3, -0.25) is 4.68 Å². The van der Waals surface area contributed by atoms with Crippen molar-refractivity contribution in [3.05, 3.63) is 17.0 Å². The van der Waals surface area contributed by atoms with Gasteiger partial charge >= 0.3 is 0 Å². The van der Waals surface area contributed by atoms with Gasteiger partial charge in [0.15, 0.2) is 6.29 Å². The molecule has 0 bridgehead atoms. The third-order valence-electron chi connectivity index (χ3n) is 3.29. The van der Waals surface area contributed by atoms with Crippen LogP contribution in [0.4, 0.5) is 0 Å². The van der Waals surface area contributed by atoms with Gasteiger partial charge in [-0.2, -0.15) is 5.10 Å². The van der Waals surface area contributed by atoms with Crippen LogP contribution in [0.3, 0.4) is 0 Å². The Balaban J connectivity index is 2.72. The lowest BCUT2D eigenvalue weighted by Crippen LogP contribution is -2.32. The predicted octanol–water partition coefficient (Wildman–Crippen LogP) is 1.79. The Labute approximate surface area is 109 Å². The van der Waals surface area contributed by atoms with Crippen molar-refractivity contribution in [1.82, 2.24) is 15.1 Å². The Hall–Kier alpha value is -0.910. The van der Waals surface area contributed by atoms with Crippen molar-refractivity contribution in [2.24, 2.45) is 0 Å². The van der Waals surface area contributed by atoms with Crippen LogP contribution in [0.25, 0.3) is 0 Å². The fraction of sp³-hybridized carbons (Fsp3) is 0.769. The molecule has 104 valence electrons. The summed E-state index contributed by atoms with van der Waals surface area (Å²) >= 11 is 0. The van der Waals surface area contributed by atoms with E-state index in [9.17, 15) is 0 Å². The summed E-state index contributed by atoms with van der Waals surface area (Å²) in [5.74, 6) is 0. The van der Waals surface area contributed by atoms with E-state index >= 15 is 0 Å². The quantitative estimate of drug-likeness (QED) is 0.755. The highest BCUT2D eigenvalue weighted by Gasteiger charge is 2.17. The van der Waals surface area contributed by atoms with Gasteiger partial charge in [0.25, 0.3) is 0 Å². The zero-order valence-corrected chi connectivity index (χ0v) is 12.3. The molecule has 18 heavy (non-hydrogen) atoms. The first kappa shape index (κ1) is 15.1. The van der Waals surface area contributed by atoms with Gasteiger partial charge in [0.1, 0.15) is 0 Å². The number of nitrogens with zero attached hydrogens (tertiary/aromatic N) is 2. The Bertz CT molecular complexity index is 373. The molecule has 0 aromatic carbocycles. The molecular formula is C13H25N3O2. The monoisotopic (exact) mass is 255 g/mol. The molecule has 5 nitrogen and oxygen atoms in total. The summed E-state index contributed by atoms with van der Waals surface area (Å²) in [5, 5.41) is 7.95. The molecule has 0 spiro atoms. The zero-order valence-electron chi connectivity index (χ0n) is 12.3. The fourth-order valence-corrected chi connectivity index (χ4v) is 2.28. The molecule has 1 aromatic heterocycles. The lowest BCUT2D eigenvalue weighted by atomic mass is 10.1. The summed E-state index contributed by atoms with van der Waals surface area (Å²) in [4.78, 5) is 0. The number of aryl methyl sites for hydroxylation is 2. The number of hydrogen-bond acceptors (Lipinski definition) is 4. The van der Waals surface area contributed by atoms with E-state index < -0.39 is 0 Å². The number of nitrogens with one attached hydrogen (secondary N) is 1.